The molecule has 0 saturated heterocycles. The summed E-state index contributed by atoms with van der Waals surface area (Å²) < 4.78 is 59.6. The molecular formula is C29H24F4N4O2. The van der Waals surface area contributed by atoms with Gasteiger partial charge in [-0.1, -0.05) is 6.07 Å². The number of alkyl halides is 3. The highest BCUT2D eigenvalue weighted by Crippen LogP contribution is 2.44. The third kappa shape index (κ3) is 5.87. The molecule has 39 heavy (non-hydrogen) atoms. The molecule has 1 saturated carbocycles. The first-order valence-corrected chi connectivity index (χ1v) is 12.3. The maximum absolute atomic E-state index is 13.7. The van der Waals surface area contributed by atoms with Gasteiger partial charge in [0.1, 0.15) is 29.2 Å². The number of rotatable bonds is 9. The molecule has 1 N–H and O–H groups in total. The Morgan fingerprint density at radius 1 is 1.15 bits per heavy atom. The molecule has 0 amide bonds. The summed E-state index contributed by atoms with van der Waals surface area (Å²) in [5, 5.41) is 2.80. The van der Waals surface area contributed by atoms with E-state index in [9.17, 15) is 22.4 Å². The molecule has 3 aromatic carbocycles. The van der Waals surface area contributed by atoms with Crippen molar-refractivity contribution in [2.45, 2.75) is 44.3 Å². The van der Waals surface area contributed by atoms with Crippen LogP contribution in [-0.4, -0.2) is 33.6 Å². The van der Waals surface area contributed by atoms with Crippen molar-refractivity contribution in [2.24, 2.45) is 0 Å². The Kier molecular flexibility index (Phi) is 6.76. The van der Waals surface area contributed by atoms with E-state index in [0.717, 1.165) is 18.4 Å². The number of fused-ring (bicyclic) bond motifs is 1. The van der Waals surface area contributed by atoms with Gasteiger partial charge in [0.15, 0.2) is 5.78 Å². The average Bonchev–Trinajstić information content (AvgIpc) is 3.51. The monoisotopic (exact) mass is 536 g/mol. The van der Waals surface area contributed by atoms with E-state index in [1.54, 1.807) is 35.2 Å². The number of aromatic nitrogens is 2. The quantitative estimate of drug-likeness (QED) is 0.136. The van der Waals surface area contributed by atoms with Crippen LogP contribution in [-0.2, 0) is 0 Å². The van der Waals surface area contributed by atoms with E-state index in [0.29, 0.717) is 28.0 Å². The van der Waals surface area contributed by atoms with Gasteiger partial charge < -0.3 is 14.9 Å². The molecule has 0 aliphatic heterocycles. The maximum atomic E-state index is 13.7. The number of halogens is 4. The number of ether oxygens (including phenoxy) is 1. The number of carbonyl (C=O) groups excluding carboxylic acids is 1. The third-order valence-corrected chi connectivity index (χ3v) is 6.72. The molecule has 6 nitrogen and oxygen atoms in total. The van der Waals surface area contributed by atoms with Crippen molar-refractivity contribution < 1.29 is 27.1 Å². The Balaban J connectivity index is 1.50. The molecule has 1 fully saturated rings. The molecule has 0 spiro atoms. The summed E-state index contributed by atoms with van der Waals surface area (Å²) in [5.41, 5.74) is 2.70. The average molecular weight is 537 g/mol. The van der Waals surface area contributed by atoms with Crippen LogP contribution in [0.25, 0.3) is 21.6 Å². The molecule has 200 valence electrons. The molecule has 0 unspecified atom stereocenters. The Labute approximate surface area is 222 Å². The van der Waals surface area contributed by atoms with Gasteiger partial charge in [-0.25, -0.2) is 15.9 Å². The summed E-state index contributed by atoms with van der Waals surface area (Å²) in [6.45, 7) is 8.80. The zero-order valence-electron chi connectivity index (χ0n) is 21.0. The van der Waals surface area contributed by atoms with E-state index in [4.69, 9.17) is 11.3 Å². The minimum absolute atomic E-state index is 0.0787. The van der Waals surface area contributed by atoms with Crippen LogP contribution in [0.1, 0.15) is 41.6 Å². The Hall–Kier alpha value is -4.39. The summed E-state index contributed by atoms with van der Waals surface area (Å²) in [5.74, 6) is -0.0591. The predicted molar refractivity (Wildman–Crippen MR) is 139 cm³/mol. The van der Waals surface area contributed by atoms with Crippen LogP contribution in [0.5, 0.6) is 11.5 Å². The van der Waals surface area contributed by atoms with Crippen LogP contribution in [0.2, 0.25) is 0 Å². The Morgan fingerprint density at radius 3 is 2.62 bits per heavy atom. The van der Waals surface area contributed by atoms with Crippen molar-refractivity contribution in [3.8, 4) is 17.2 Å². The van der Waals surface area contributed by atoms with E-state index in [1.807, 2.05) is 13.0 Å². The minimum atomic E-state index is -4.33. The van der Waals surface area contributed by atoms with Crippen LogP contribution >= 0.6 is 0 Å². The smallest absolute Gasteiger partial charge is 0.390 e. The number of anilines is 1. The van der Waals surface area contributed by atoms with Crippen LogP contribution < -0.4 is 10.1 Å². The molecular weight excluding hydrogens is 512 g/mol. The third-order valence-electron chi connectivity index (χ3n) is 6.72. The zero-order chi connectivity index (χ0) is 27.8. The van der Waals surface area contributed by atoms with Crippen LogP contribution in [0, 0.1) is 19.3 Å². The lowest BCUT2D eigenvalue weighted by atomic mass is 9.98. The molecule has 0 bridgehead atoms. The first-order chi connectivity index (χ1) is 18.6. The fraction of sp³-hybridized carbons (Fsp3) is 0.276. The predicted octanol–water partition coefficient (Wildman–Crippen LogP) is 7.65. The number of aryl methyl sites for hydroxylation is 1. The van der Waals surface area contributed by atoms with Gasteiger partial charge in [0.2, 0.25) is 5.54 Å². The summed E-state index contributed by atoms with van der Waals surface area (Å²) >= 11 is 0. The van der Waals surface area contributed by atoms with Gasteiger partial charge in [0.05, 0.1) is 24.0 Å². The normalized spacial score (nSPS) is 14.2. The second-order valence-electron chi connectivity index (χ2n) is 9.74. The molecule has 4 aromatic rings. The Morgan fingerprint density at radius 2 is 1.95 bits per heavy atom. The molecule has 1 aliphatic carbocycles. The topological polar surface area (TPSA) is 60.5 Å². The van der Waals surface area contributed by atoms with E-state index in [-0.39, 0.29) is 30.2 Å². The second-order valence-corrected chi connectivity index (χ2v) is 9.74. The number of nitrogens with one attached hydrogen (secondary N) is 1. The van der Waals surface area contributed by atoms with Crippen LogP contribution in [0.3, 0.4) is 0 Å². The maximum Gasteiger partial charge on any atom is 0.390 e. The molecule has 1 heterocycles. The minimum Gasteiger partial charge on any atom is -0.457 e. The highest BCUT2D eigenvalue weighted by molar-refractivity contribution is 5.99. The summed E-state index contributed by atoms with van der Waals surface area (Å²) in [6, 6.07) is 14.0. The largest absolute Gasteiger partial charge is 0.457 e. The lowest BCUT2D eigenvalue weighted by molar-refractivity contribution is -0.131. The molecule has 1 aromatic heterocycles. The Bertz CT molecular complexity index is 1600. The highest BCUT2D eigenvalue weighted by Gasteiger charge is 2.52. The lowest BCUT2D eigenvalue weighted by Crippen LogP contribution is -2.14. The van der Waals surface area contributed by atoms with E-state index < -0.39 is 24.0 Å². The van der Waals surface area contributed by atoms with Gasteiger partial charge in [-0.2, -0.15) is 13.2 Å². The molecule has 5 rings (SSSR count). The summed E-state index contributed by atoms with van der Waals surface area (Å²) in [7, 11) is 0. The van der Waals surface area contributed by atoms with E-state index in [1.165, 1.54) is 24.3 Å². The number of imidazole rings is 1. The zero-order valence-corrected chi connectivity index (χ0v) is 21.0. The molecule has 1 aliphatic rings. The van der Waals surface area contributed by atoms with Gasteiger partial charge in [-0.15, -0.1) is 0 Å². The van der Waals surface area contributed by atoms with Crippen LogP contribution in [0.15, 0.2) is 60.9 Å². The fourth-order valence-electron chi connectivity index (χ4n) is 4.47. The number of carbonyl (C=O) groups is 1. The summed E-state index contributed by atoms with van der Waals surface area (Å²) in [6.07, 6.45) is -2.16. The van der Waals surface area contributed by atoms with Gasteiger partial charge in [-0.3, -0.25) is 9.36 Å². The highest BCUT2D eigenvalue weighted by atomic mass is 19.4. The van der Waals surface area contributed by atoms with Gasteiger partial charge in [0.25, 0.3) is 0 Å². The van der Waals surface area contributed by atoms with Gasteiger partial charge in [0, 0.05) is 48.8 Å². The van der Waals surface area contributed by atoms with E-state index in [2.05, 4.69) is 15.1 Å². The number of nitrogens with zero attached hydrogens (tertiary/aromatic N) is 3. The molecule has 10 heteroatoms. The van der Waals surface area contributed by atoms with Crippen molar-refractivity contribution >= 4 is 22.5 Å². The molecule has 0 atom stereocenters. The number of Topliss-reactive ketones (excluding diaryl/α,β-unsaturated/α-hetero) is 1. The standard InChI is InChI=1S/C29H24F4N4O2/c1-18-12-20(6-7-23(18)26(38)16-28(34-2)8-9-28)37-17-36-27-24(35-11-10-29(31,32)33)14-22(15-25(27)37)39-21-5-3-4-19(30)13-21/h3-7,12-15,17,35H,8-11,16H2,1H3. The second kappa shape index (κ2) is 10.1. The fourth-order valence-corrected chi connectivity index (χ4v) is 4.47. The van der Waals surface area contributed by atoms with Gasteiger partial charge >= 0.3 is 6.18 Å². The van der Waals surface area contributed by atoms with Crippen molar-refractivity contribution in [2.75, 3.05) is 11.9 Å². The van der Waals surface area contributed by atoms with Crippen molar-refractivity contribution in [1.82, 2.24) is 9.55 Å². The van der Waals surface area contributed by atoms with Crippen molar-refractivity contribution in [3.05, 3.63) is 89.3 Å². The van der Waals surface area contributed by atoms with Crippen molar-refractivity contribution in [3.63, 3.8) is 0 Å². The number of benzene rings is 3. The summed E-state index contributed by atoms with van der Waals surface area (Å²) in [4.78, 5) is 20.9. The number of hydrogen-bond acceptors (Lipinski definition) is 4. The first-order valence-electron chi connectivity index (χ1n) is 12.3. The number of ketones is 1. The molecule has 0 radical (unpaired) electrons. The van der Waals surface area contributed by atoms with Crippen molar-refractivity contribution in [1.29, 1.82) is 0 Å². The lowest BCUT2D eigenvalue weighted by Gasteiger charge is -2.14. The van der Waals surface area contributed by atoms with E-state index >= 15 is 0 Å². The number of hydrogen-bond donors (Lipinski definition) is 1. The first kappa shape index (κ1) is 26.2. The SMILES string of the molecule is [C-]#[N+]C1(CC(=O)c2ccc(-n3cnc4c(NCCC(F)(F)F)cc(Oc5cccc(F)c5)cc43)cc2C)CC1. The van der Waals surface area contributed by atoms with Crippen LogP contribution in [0.4, 0.5) is 23.2 Å². The van der Waals surface area contributed by atoms with Gasteiger partial charge in [-0.05, 0) is 42.8 Å².